The number of aryl methyl sites for hydroxylation is 1. The third-order valence-corrected chi connectivity index (χ3v) is 7.40. The molecule has 0 aromatic carbocycles. The van der Waals surface area contributed by atoms with Crippen molar-refractivity contribution in [2.45, 2.75) is 65.1 Å². The lowest BCUT2D eigenvalue weighted by Gasteiger charge is -2.33. The maximum Gasteiger partial charge on any atom is 0.230 e. The van der Waals surface area contributed by atoms with Crippen molar-refractivity contribution in [3.63, 3.8) is 0 Å². The van der Waals surface area contributed by atoms with Gasteiger partial charge in [-0.15, -0.1) is 21.5 Å². The predicted octanol–water partition coefficient (Wildman–Crippen LogP) is 4.31. The Labute approximate surface area is 170 Å². The maximum absolute atomic E-state index is 11.9. The fraction of sp³-hybridized carbons (Fsp3) is 0.650. The van der Waals surface area contributed by atoms with Crippen LogP contribution >= 0.6 is 23.1 Å². The average Bonchev–Trinajstić information content (AvgIpc) is 3.13. The summed E-state index contributed by atoms with van der Waals surface area (Å²) in [6.07, 6.45) is 3.59. The van der Waals surface area contributed by atoms with Gasteiger partial charge in [-0.3, -0.25) is 4.79 Å². The number of hydrogen-bond donors (Lipinski definition) is 1. The van der Waals surface area contributed by atoms with Gasteiger partial charge in [0.05, 0.1) is 10.6 Å². The molecule has 0 bridgehead atoms. The molecule has 0 spiro atoms. The largest absolute Gasteiger partial charge is 0.353 e. The van der Waals surface area contributed by atoms with Crippen molar-refractivity contribution in [3.8, 4) is 10.7 Å². The van der Waals surface area contributed by atoms with E-state index in [0.717, 1.165) is 29.7 Å². The molecule has 148 valence electrons. The summed E-state index contributed by atoms with van der Waals surface area (Å²) >= 11 is 3.28. The van der Waals surface area contributed by atoms with Crippen LogP contribution in [0.2, 0.25) is 0 Å². The summed E-state index contributed by atoms with van der Waals surface area (Å²) in [5.41, 5.74) is 1.83. The van der Waals surface area contributed by atoms with E-state index in [0.29, 0.717) is 11.2 Å². The summed E-state index contributed by atoms with van der Waals surface area (Å²) in [5, 5.41) is 12.4. The minimum Gasteiger partial charge on any atom is -0.353 e. The summed E-state index contributed by atoms with van der Waals surface area (Å²) in [7, 11) is 1.98. The Bertz CT molecular complexity index is 817. The first-order valence-corrected chi connectivity index (χ1v) is 11.4. The van der Waals surface area contributed by atoms with Gasteiger partial charge in [0.15, 0.2) is 11.0 Å². The maximum atomic E-state index is 11.9. The number of carbonyl (C=O) groups excluding carboxylic acids is 1. The molecular formula is C20H30N4OS2. The smallest absolute Gasteiger partial charge is 0.230 e. The van der Waals surface area contributed by atoms with Gasteiger partial charge in [-0.1, -0.05) is 32.5 Å². The van der Waals surface area contributed by atoms with Gasteiger partial charge in [0.2, 0.25) is 5.91 Å². The Hall–Kier alpha value is -1.34. The fourth-order valence-corrected chi connectivity index (χ4v) is 5.47. The fourth-order valence-electron chi connectivity index (χ4n) is 3.52. The van der Waals surface area contributed by atoms with Crippen LogP contribution in [0.5, 0.6) is 0 Å². The molecule has 1 aliphatic rings. The molecule has 0 saturated heterocycles. The highest BCUT2D eigenvalue weighted by molar-refractivity contribution is 7.99. The van der Waals surface area contributed by atoms with Crippen LogP contribution in [0.3, 0.4) is 0 Å². The third kappa shape index (κ3) is 4.74. The van der Waals surface area contributed by atoms with Crippen molar-refractivity contribution >= 4 is 29.0 Å². The number of thioether (sulfide) groups is 1. The Morgan fingerprint density at radius 3 is 2.81 bits per heavy atom. The Kier molecular flexibility index (Phi) is 6.01. The van der Waals surface area contributed by atoms with E-state index in [4.69, 9.17) is 0 Å². The zero-order valence-corrected chi connectivity index (χ0v) is 18.8. The molecule has 0 aliphatic heterocycles. The summed E-state index contributed by atoms with van der Waals surface area (Å²) in [5.74, 6) is 2.02. The molecule has 2 aromatic rings. The lowest BCUT2D eigenvalue weighted by molar-refractivity contribution is -0.119. The highest BCUT2D eigenvalue weighted by Crippen LogP contribution is 2.42. The lowest BCUT2D eigenvalue weighted by atomic mass is 9.72. The van der Waals surface area contributed by atoms with Crippen LogP contribution < -0.4 is 5.32 Å². The number of nitrogens with zero attached hydrogens (tertiary/aromatic N) is 3. The molecule has 3 rings (SSSR count). The number of aromatic nitrogens is 3. The Morgan fingerprint density at radius 2 is 2.15 bits per heavy atom. The number of carbonyl (C=O) groups is 1. The molecule has 2 heterocycles. The summed E-state index contributed by atoms with van der Waals surface area (Å²) in [6, 6.07) is 2.46. The Morgan fingerprint density at radius 1 is 1.41 bits per heavy atom. The number of thiophene rings is 1. The first-order chi connectivity index (χ1) is 12.6. The summed E-state index contributed by atoms with van der Waals surface area (Å²) < 4.78 is 2.01. The third-order valence-electron chi connectivity index (χ3n) is 5.14. The molecule has 0 radical (unpaired) electrons. The molecule has 1 N–H and O–H groups in total. The molecule has 1 aliphatic carbocycles. The van der Waals surface area contributed by atoms with E-state index >= 15 is 0 Å². The van der Waals surface area contributed by atoms with Crippen LogP contribution in [0.15, 0.2) is 11.2 Å². The van der Waals surface area contributed by atoms with Crippen LogP contribution in [0.1, 0.15) is 51.5 Å². The van der Waals surface area contributed by atoms with Crippen molar-refractivity contribution in [3.05, 3.63) is 16.5 Å². The molecule has 5 nitrogen and oxygen atoms in total. The highest BCUT2D eigenvalue weighted by atomic mass is 32.2. The standard InChI is InChI=1S/C20H30N4OS2/c1-12(2)21-17(25)11-26-19-23-22-18(24(19)6)16-10-13-9-14(20(3,4)5)7-8-15(13)27-16/h10,12,14H,7-9,11H2,1-6H3,(H,21,25)/t14-/m0/s1. The van der Waals surface area contributed by atoms with Crippen LogP contribution in [-0.2, 0) is 24.7 Å². The van der Waals surface area contributed by atoms with Gasteiger partial charge in [-0.25, -0.2) is 0 Å². The summed E-state index contributed by atoms with van der Waals surface area (Å²) in [4.78, 5) is 14.6. The lowest BCUT2D eigenvalue weighted by Crippen LogP contribution is -2.31. The number of rotatable bonds is 5. The quantitative estimate of drug-likeness (QED) is 0.752. The van der Waals surface area contributed by atoms with Crippen molar-refractivity contribution in [2.75, 3.05) is 5.75 Å². The molecule has 2 aromatic heterocycles. The van der Waals surface area contributed by atoms with Gasteiger partial charge in [-0.2, -0.15) is 0 Å². The monoisotopic (exact) mass is 406 g/mol. The van der Waals surface area contributed by atoms with Gasteiger partial charge in [0.25, 0.3) is 0 Å². The van der Waals surface area contributed by atoms with Crippen molar-refractivity contribution < 1.29 is 4.79 Å². The molecule has 0 unspecified atom stereocenters. The van der Waals surface area contributed by atoms with E-state index in [9.17, 15) is 4.79 Å². The molecular weight excluding hydrogens is 376 g/mol. The molecule has 27 heavy (non-hydrogen) atoms. The van der Waals surface area contributed by atoms with Crippen LogP contribution in [0.4, 0.5) is 0 Å². The van der Waals surface area contributed by atoms with Gasteiger partial charge in [0.1, 0.15) is 0 Å². The zero-order chi connectivity index (χ0) is 19.8. The zero-order valence-electron chi connectivity index (χ0n) is 17.1. The normalized spacial score (nSPS) is 17.2. The summed E-state index contributed by atoms with van der Waals surface area (Å²) in [6.45, 7) is 11.0. The van der Waals surface area contributed by atoms with Crippen LogP contribution in [-0.4, -0.2) is 32.5 Å². The van der Waals surface area contributed by atoms with Gasteiger partial charge >= 0.3 is 0 Å². The highest BCUT2D eigenvalue weighted by Gasteiger charge is 2.30. The van der Waals surface area contributed by atoms with Gasteiger partial charge in [0, 0.05) is 18.0 Å². The molecule has 7 heteroatoms. The van der Waals surface area contributed by atoms with Crippen molar-refractivity contribution in [2.24, 2.45) is 18.4 Å². The van der Waals surface area contributed by atoms with E-state index < -0.39 is 0 Å². The molecule has 0 fully saturated rings. The number of amides is 1. The Balaban J connectivity index is 1.73. The van der Waals surface area contributed by atoms with Crippen LogP contribution in [0.25, 0.3) is 10.7 Å². The minimum absolute atomic E-state index is 0.0272. The first kappa shape index (κ1) is 20.4. The van der Waals surface area contributed by atoms with E-state index in [-0.39, 0.29) is 11.9 Å². The van der Waals surface area contributed by atoms with E-state index in [1.165, 1.54) is 33.5 Å². The second-order valence-corrected chi connectivity index (χ2v) is 10.8. The molecule has 1 amide bonds. The molecule has 1 atom stereocenters. The predicted molar refractivity (Wildman–Crippen MR) is 113 cm³/mol. The minimum atomic E-state index is 0.0272. The van der Waals surface area contributed by atoms with E-state index in [2.05, 4.69) is 42.4 Å². The van der Waals surface area contributed by atoms with Gasteiger partial charge < -0.3 is 9.88 Å². The molecule has 0 saturated carbocycles. The average molecular weight is 407 g/mol. The van der Waals surface area contributed by atoms with E-state index in [1.54, 1.807) is 0 Å². The number of hydrogen-bond acceptors (Lipinski definition) is 5. The van der Waals surface area contributed by atoms with E-state index in [1.807, 2.05) is 36.8 Å². The number of nitrogens with one attached hydrogen (secondary N) is 1. The van der Waals surface area contributed by atoms with Gasteiger partial charge in [-0.05, 0) is 56.1 Å². The second kappa shape index (κ2) is 7.95. The second-order valence-electron chi connectivity index (χ2n) is 8.74. The van der Waals surface area contributed by atoms with Crippen molar-refractivity contribution in [1.82, 2.24) is 20.1 Å². The SMILES string of the molecule is CC(C)NC(=O)CSc1nnc(-c2cc3c(s2)CC[C@H](C(C)(C)C)C3)n1C. The number of fused-ring (bicyclic) bond motifs is 1. The first-order valence-electron chi connectivity index (χ1n) is 9.58. The van der Waals surface area contributed by atoms with Crippen LogP contribution in [0, 0.1) is 11.3 Å². The van der Waals surface area contributed by atoms with Crippen molar-refractivity contribution in [1.29, 1.82) is 0 Å². The topological polar surface area (TPSA) is 59.8 Å².